The van der Waals surface area contributed by atoms with Crippen molar-refractivity contribution >= 4 is 5.65 Å². The standard InChI is InChI=1S/C11H15N3O/c1-4-8-6-14-10(12-11(8)15)5-9(13-14)7(2)3/h5-7H,4H2,1-3H3,(H,12,15). The average molecular weight is 205 g/mol. The molecule has 0 spiro atoms. The number of fused-ring (bicyclic) bond motifs is 1. The van der Waals surface area contributed by atoms with Crippen LogP contribution in [0.3, 0.4) is 0 Å². The van der Waals surface area contributed by atoms with E-state index in [1.165, 1.54) is 0 Å². The molecule has 0 atom stereocenters. The van der Waals surface area contributed by atoms with Crippen molar-refractivity contribution < 1.29 is 0 Å². The van der Waals surface area contributed by atoms with Crippen molar-refractivity contribution in [3.05, 3.63) is 33.9 Å². The first-order valence-corrected chi connectivity index (χ1v) is 5.23. The Hall–Kier alpha value is -1.58. The van der Waals surface area contributed by atoms with Crippen LogP contribution in [0.15, 0.2) is 17.1 Å². The summed E-state index contributed by atoms with van der Waals surface area (Å²) in [4.78, 5) is 14.4. The van der Waals surface area contributed by atoms with Gasteiger partial charge in [-0.25, -0.2) is 4.52 Å². The Morgan fingerprint density at radius 3 is 2.87 bits per heavy atom. The zero-order chi connectivity index (χ0) is 11.0. The van der Waals surface area contributed by atoms with Gasteiger partial charge in [0.25, 0.3) is 5.56 Å². The van der Waals surface area contributed by atoms with Crippen molar-refractivity contribution in [3.63, 3.8) is 0 Å². The summed E-state index contributed by atoms with van der Waals surface area (Å²) in [6, 6.07) is 1.92. The summed E-state index contributed by atoms with van der Waals surface area (Å²) >= 11 is 0. The van der Waals surface area contributed by atoms with Crippen LogP contribution < -0.4 is 5.56 Å². The molecule has 0 radical (unpaired) electrons. The van der Waals surface area contributed by atoms with Gasteiger partial charge in [0.15, 0.2) is 0 Å². The largest absolute Gasteiger partial charge is 0.307 e. The van der Waals surface area contributed by atoms with Crippen LogP contribution in [0.2, 0.25) is 0 Å². The van der Waals surface area contributed by atoms with E-state index in [0.29, 0.717) is 5.92 Å². The van der Waals surface area contributed by atoms with Crippen molar-refractivity contribution in [1.29, 1.82) is 0 Å². The highest BCUT2D eigenvalue weighted by Crippen LogP contribution is 2.13. The molecule has 1 N–H and O–H groups in total. The van der Waals surface area contributed by atoms with Gasteiger partial charge in [-0.05, 0) is 12.3 Å². The molecule has 15 heavy (non-hydrogen) atoms. The molecular formula is C11H15N3O. The van der Waals surface area contributed by atoms with Crippen LogP contribution in [0.4, 0.5) is 0 Å². The minimum atomic E-state index is -0.0137. The maximum atomic E-state index is 11.5. The lowest BCUT2D eigenvalue weighted by Crippen LogP contribution is -2.13. The van der Waals surface area contributed by atoms with Crippen LogP contribution in [0, 0.1) is 0 Å². The summed E-state index contributed by atoms with van der Waals surface area (Å²) in [7, 11) is 0. The number of aryl methyl sites for hydroxylation is 1. The molecule has 4 nitrogen and oxygen atoms in total. The van der Waals surface area contributed by atoms with Gasteiger partial charge in [0.2, 0.25) is 0 Å². The van der Waals surface area contributed by atoms with Crippen LogP contribution in [-0.4, -0.2) is 14.6 Å². The molecular weight excluding hydrogens is 190 g/mol. The Labute approximate surface area is 87.9 Å². The Morgan fingerprint density at radius 2 is 2.27 bits per heavy atom. The molecule has 2 rings (SSSR count). The maximum absolute atomic E-state index is 11.5. The molecule has 0 aliphatic rings. The molecule has 0 unspecified atom stereocenters. The third-order valence-corrected chi connectivity index (χ3v) is 2.54. The number of aromatic amines is 1. The topological polar surface area (TPSA) is 50.2 Å². The second-order valence-electron chi connectivity index (χ2n) is 4.02. The molecule has 80 valence electrons. The number of nitrogens with one attached hydrogen (secondary N) is 1. The molecule has 0 bridgehead atoms. The summed E-state index contributed by atoms with van der Waals surface area (Å²) in [5.74, 6) is 0.374. The summed E-state index contributed by atoms with van der Waals surface area (Å²) < 4.78 is 1.75. The number of H-pyrrole nitrogens is 1. The molecule has 4 heteroatoms. The number of hydrogen-bond donors (Lipinski definition) is 1. The SMILES string of the molecule is CCc1cn2nc(C(C)C)cc2[nH]c1=O. The fourth-order valence-corrected chi connectivity index (χ4v) is 1.54. The molecule has 0 fully saturated rings. The molecule has 0 aliphatic heterocycles. The van der Waals surface area contributed by atoms with Crippen LogP contribution in [0.25, 0.3) is 5.65 Å². The Kier molecular flexibility index (Phi) is 2.34. The highest BCUT2D eigenvalue weighted by atomic mass is 16.1. The monoisotopic (exact) mass is 205 g/mol. The van der Waals surface area contributed by atoms with Gasteiger partial charge in [0.05, 0.1) is 5.69 Å². The Balaban J connectivity index is 2.66. The fraction of sp³-hybridized carbons (Fsp3) is 0.455. The third-order valence-electron chi connectivity index (χ3n) is 2.54. The fourth-order valence-electron chi connectivity index (χ4n) is 1.54. The molecule has 0 aliphatic carbocycles. The smallest absolute Gasteiger partial charge is 0.254 e. The average Bonchev–Trinajstić information content (AvgIpc) is 2.59. The first-order valence-electron chi connectivity index (χ1n) is 5.23. The quantitative estimate of drug-likeness (QED) is 0.811. The first kappa shape index (κ1) is 9.96. The predicted octanol–water partition coefficient (Wildman–Crippen LogP) is 1.71. The summed E-state index contributed by atoms with van der Waals surface area (Å²) in [6.07, 6.45) is 2.53. The number of nitrogens with zero attached hydrogens (tertiary/aromatic N) is 2. The van der Waals surface area contributed by atoms with Crippen molar-refractivity contribution in [3.8, 4) is 0 Å². The van der Waals surface area contributed by atoms with Gasteiger partial charge in [-0.2, -0.15) is 5.10 Å². The second kappa shape index (κ2) is 3.53. The van der Waals surface area contributed by atoms with Crippen LogP contribution in [-0.2, 0) is 6.42 Å². The Morgan fingerprint density at radius 1 is 1.53 bits per heavy atom. The maximum Gasteiger partial charge on any atom is 0.254 e. The molecule has 2 aromatic rings. The van der Waals surface area contributed by atoms with Crippen LogP contribution in [0.5, 0.6) is 0 Å². The lowest BCUT2D eigenvalue weighted by atomic mass is 10.1. The molecule has 2 heterocycles. The van der Waals surface area contributed by atoms with E-state index in [1.807, 2.05) is 13.0 Å². The zero-order valence-corrected chi connectivity index (χ0v) is 9.24. The van der Waals surface area contributed by atoms with E-state index in [0.717, 1.165) is 23.3 Å². The number of hydrogen-bond acceptors (Lipinski definition) is 2. The van der Waals surface area contributed by atoms with Gasteiger partial charge >= 0.3 is 0 Å². The van der Waals surface area contributed by atoms with E-state index in [1.54, 1.807) is 10.7 Å². The lowest BCUT2D eigenvalue weighted by Gasteiger charge is -1.97. The predicted molar refractivity (Wildman–Crippen MR) is 59.3 cm³/mol. The number of aromatic nitrogens is 3. The summed E-state index contributed by atoms with van der Waals surface area (Å²) in [5.41, 5.74) is 2.51. The van der Waals surface area contributed by atoms with E-state index in [2.05, 4.69) is 23.9 Å². The van der Waals surface area contributed by atoms with Gasteiger partial charge in [0.1, 0.15) is 5.65 Å². The first-order chi connectivity index (χ1) is 7.11. The van der Waals surface area contributed by atoms with Crippen molar-refractivity contribution in [2.75, 3.05) is 0 Å². The highest BCUT2D eigenvalue weighted by Gasteiger charge is 2.07. The molecule has 0 aromatic carbocycles. The van der Waals surface area contributed by atoms with Crippen molar-refractivity contribution in [2.45, 2.75) is 33.1 Å². The van der Waals surface area contributed by atoms with Crippen LogP contribution >= 0.6 is 0 Å². The Bertz CT molecular complexity index is 536. The van der Waals surface area contributed by atoms with Gasteiger partial charge in [0, 0.05) is 17.8 Å². The van der Waals surface area contributed by atoms with E-state index in [9.17, 15) is 4.79 Å². The van der Waals surface area contributed by atoms with Gasteiger partial charge in [-0.3, -0.25) is 4.79 Å². The van der Waals surface area contributed by atoms with E-state index < -0.39 is 0 Å². The van der Waals surface area contributed by atoms with Crippen molar-refractivity contribution in [1.82, 2.24) is 14.6 Å². The number of rotatable bonds is 2. The van der Waals surface area contributed by atoms with Gasteiger partial charge < -0.3 is 4.98 Å². The molecule has 0 saturated heterocycles. The summed E-state index contributed by atoms with van der Waals surface area (Å²) in [5, 5.41) is 4.41. The molecule has 2 aromatic heterocycles. The zero-order valence-electron chi connectivity index (χ0n) is 9.24. The van der Waals surface area contributed by atoms with E-state index in [4.69, 9.17) is 0 Å². The van der Waals surface area contributed by atoms with E-state index >= 15 is 0 Å². The molecule has 0 saturated carbocycles. The van der Waals surface area contributed by atoms with Gasteiger partial charge in [-0.1, -0.05) is 20.8 Å². The normalized spacial score (nSPS) is 11.5. The minimum absolute atomic E-state index is 0.0137. The van der Waals surface area contributed by atoms with Crippen molar-refractivity contribution in [2.24, 2.45) is 0 Å². The van der Waals surface area contributed by atoms with Crippen LogP contribution in [0.1, 0.15) is 37.9 Å². The molecule has 0 amide bonds. The summed E-state index contributed by atoms with van der Waals surface area (Å²) in [6.45, 7) is 6.13. The van der Waals surface area contributed by atoms with Gasteiger partial charge in [-0.15, -0.1) is 0 Å². The third kappa shape index (κ3) is 1.67. The lowest BCUT2D eigenvalue weighted by molar-refractivity contribution is 0.781. The van der Waals surface area contributed by atoms with E-state index in [-0.39, 0.29) is 5.56 Å². The highest BCUT2D eigenvalue weighted by molar-refractivity contribution is 5.40. The minimum Gasteiger partial charge on any atom is -0.307 e. The second-order valence-corrected chi connectivity index (χ2v) is 4.02.